The van der Waals surface area contributed by atoms with E-state index in [4.69, 9.17) is 23.8 Å². The zero-order valence-corrected chi connectivity index (χ0v) is 17.8. The van der Waals surface area contributed by atoms with Crippen LogP contribution in [0.5, 0.6) is 0 Å². The number of aryl methyl sites for hydroxylation is 1. The molecule has 29 heavy (non-hydrogen) atoms. The lowest BCUT2D eigenvalue weighted by molar-refractivity contribution is -0.384. The van der Waals surface area contributed by atoms with Gasteiger partial charge < -0.3 is 5.32 Å². The van der Waals surface area contributed by atoms with E-state index in [2.05, 4.69) is 34.7 Å². The maximum Gasteiger partial charge on any atom is 0.270 e. The van der Waals surface area contributed by atoms with Crippen LogP contribution in [0.15, 0.2) is 36.4 Å². The summed E-state index contributed by atoms with van der Waals surface area (Å²) in [5, 5.41) is 16.9. The molecule has 7 nitrogen and oxygen atoms in total. The molecule has 3 rings (SSSR count). The summed E-state index contributed by atoms with van der Waals surface area (Å²) in [7, 11) is 0. The standard InChI is InChI=1S/C19H17ClN4O3S2/c1-2-3-4-11-5-8-15-16(9-11)29-19(21-15)23-18(28)22-17(25)13-10-12(24(26)27)6-7-14(13)20/h5-10H,2-4H2,1H3,(H2,21,22,23,25,28). The normalized spacial score (nSPS) is 10.7. The van der Waals surface area contributed by atoms with E-state index in [1.54, 1.807) is 0 Å². The average molecular weight is 449 g/mol. The number of carbonyl (C=O) groups is 1. The van der Waals surface area contributed by atoms with E-state index < -0.39 is 10.8 Å². The van der Waals surface area contributed by atoms with Crippen LogP contribution in [-0.2, 0) is 6.42 Å². The molecule has 10 heteroatoms. The zero-order chi connectivity index (χ0) is 21.0. The van der Waals surface area contributed by atoms with Gasteiger partial charge in [0.05, 0.1) is 25.7 Å². The van der Waals surface area contributed by atoms with Crippen molar-refractivity contribution in [2.75, 3.05) is 5.32 Å². The Labute approximate surface area is 181 Å². The summed E-state index contributed by atoms with van der Waals surface area (Å²) >= 11 is 12.6. The molecule has 0 fully saturated rings. The molecule has 0 aliphatic heterocycles. The molecule has 0 atom stereocenters. The molecule has 150 valence electrons. The molecule has 1 amide bonds. The average Bonchev–Trinajstić information content (AvgIpc) is 3.07. The fourth-order valence-electron chi connectivity index (χ4n) is 2.66. The molecule has 1 heterocycles. The molecular weight excluding hydrogens is 432 g/mol. The molecule has 0 aliphatic rings. The van der Waals surface area contributed by atoms with Gasteiger partial charge in [-0.25, -0.2) is 4.98 Å². The summed E-state index contributed by atoms with van der Waals surface area (Å²) in [6.07, 6.45) is 3.29. The van der Waals surface area contributed by atoms with Crippen LogP contribution in [0.25, 0.3) is 10.2 Å². The fourth-order valence-corrected chi connectivity index (χ4v) is 4.05. The highest BCUT2D eigenvalue weighted by molar-refractivity contribution is 7.80. The number of non-ortho nitro benzene ring substituents is 1. The number of nitro groups is 1. The van der Waals surface area contributed by atoms with Crippen molar-refractivity contribution >= 4 is 67.2 Å². The molecule has 0 bridgehead atoms. The summed E-state index contributed by atoms with van der Waals surface area (Å²) in [5.74, 6) is -0.640. The van der Waals surface area contributed by atoms with Gasteiger partial charge in [-0.05, 0) is 48.8 Å². The van der Waals surface area contributed by atoms with E-state index >= 15 is 0 Å². The van der Waals surface area contributed by atoms with Gasteiger partial charge in [0.1, 0.15) is 0 Å². The molecule has 1 aromatic heterocycles. The number of thiocarbonyl (C=S) groups is 1. The molecule has 0 radical (unpaired) electrons. The lowest BCUT2D eigenvalue weighted by Gasteiger charge is -2.08. The van der Waals surface area contributed by atoms with Crippen LogP contribution >= 0.6 is 35.2 Å². The van der Waals surface area contributed by atoms with Crippen LogP contribution in [0.1, 0.15) is 35.7 Å². The third kappa shape index (κ3) is 5.26. The number of benzene rings is 2. The Morgan fingerprint density at radius 1 is 1.31 bits per heavy atom. The number of halogens is 1. The minimum Gasteiger partial charge on any atom is -0.308 e. The van der Waals surface area contributed by atoms with Gasteiger partial charge in [0, 0.05) is 12.1 Å². The number of nitro benzene ring substituents is 1. The number of nitrogens with one attached hydrogen (secondary N) is 2. The Kier molecular flexibility index (Phi) is 6.73. The molecule has 0 saturated heterocycles. The van der Waals surface area contributed by atoms with Gasteiger partial charge in [-0.15, -0.1) is 0 Å². The summed E-state index contributed by atoms with van der Waals surface area (Å²) in [6, 6.07) is 9.77. The Balaban J connectivity index is 1.69. The number of rotatable bonds is 6. The van der Waals surface area contributed by atoms with E-state index in [1.807, 2.05) is 6.07 Å². The van der Waals surface area contributed by atoms with Crippen molar-refractivity contribution in [3.63, 3.8) is 0 Å². The zero-order valence-electron chi connectivity index (χ0n) is 15.4. The number of nitrogens with zero attached hydrogens (tertiary/aromatic N) is 2. The molecule has 2 N–H and O–H groups in total. The van der Waals surface area contributed by atoms with Crippen molar-refractivity contribution in [1.82, 2.24) is 10.3 Å². The third-order valence-electron chi connectivity index (χ3n) is 4.12. The lowest BCUT2D eigenvalue weighted by atomic mass is 10.1. The largest absolute Gasteiger partial charge is 0.308 e. The number of unbranched alkanes of at least 4 members (excludes halogenated alkanes) is 1. The third-order valence-corrected chi connectivity index (χ3v) is 5.59. The number of hydrogen-bond donors (Lipinski definition) is 2. The van der Waals surface area contributed by atoms with E-state index in [1.165, 1.54) is 29.0 Å². The number of amides is 1. The molecule has 0 aliphatic carbocycles. The second kappa shape index (κ2) is 9.25. The van der Waals surface area contributed by atoms with Crippen LogP contribution in [-0.4, -0.2) is 20.9 Å². The molecule has 0 unspecified atom stereocenters. The highest BCUT2D eigenvalue weighted by atomic mass is 35.5. The first-order valence-electron chi connectivity index (χ1n) is 8.83. The number of aromatic nitrogens is 1. The summed E-state index contributed by atoms with van der Waals surface area (Å²) in [4.78, 5) is 27.2. The number of anilines is 1. The van der Waals surface area contributed by atoms with Gasteiger partial charge in [-0.1, -0.05) is 42.3 Å². The van der Waals surface area contributed by atoms with Crippen LogP contribution in [0.3, 0.4) is 0 Å². The number of fused-ring (bicyclic) bond motifs is 1. The molecular formula is C19H17ClN4O3S2. The van der Waals surface area contributed by atoms with Crippen molar-refractivity contribution in [3.8, 4) is 0 Å². The Morgan fingerprint density at radius 2 is 2.10 bits per heavy atom. The first-order chi connectivity index (χ1) is 13.9. The first kappa shape index (κ1) is 21.1. The van der Waals surface area contributed by atoms with Crippen LogP contribution < -0.4 is 10.6 Å². The van der Waals surface area contributed by atoms with Crippen LogP contribution in [0.2, 0.25) is 5.02 Å². The number of hydrogen-bond acceptors (Lipinski definition) is 6. The smallest absolute Gasteiger partial charge is 0.270 e. The van der Waals surface area contributed by atoms with E-state index in [9.17, 15) is 14.9 Å². The minimum absolute atomic E-state index is 0.0304. The second-order valence-electron chi connectivity index (χ2n) is 6.25. The Hall–Kier alpha value is -2.62. The van der Waals surface area contributed by atoms with E-state index in [0.717, 1.165) is 35.5 Å². The van der Waals surface area contributed by atoms with E-state index in [0.29, 0.717) is 5.13 Å². The lowest BCUT2D eigenvalue weighted by Crippen LogP contribution is -2.34. The Bertz CT molecular complexity index is 1100. The fraction of sp³-hybridized carbons (Fsp3) is 0.211. The quantitative estimate of drug-likeness (QED) is 0.300. The summed E-state index contributed by atoms with van der Waals surface area (Å²) < 4.78 is 1.02. The summed E-state index contributed by atoms with van der Waals surface area (Å²) in [5.41, 5.74) is 1.83. The van der Waals surface area contributed by atoms with Gasteiger partial charge in [0.15, 0.2) is 10.2 Å². The second-order valence-corrected chi connectivity index (χ2v) is 8.10. The van der Waals surface area contributed by atoms with Gasteiger partial charge >= 0.3 is 0 Å². The van der Waals surface area contributed by atoms with Crippen LogP contribution in [0.4, 0.5) is 10.8 Å². The highest BCUT2D eigenvalue weighted by Gasteiger charge is 2.17. The number of carbonyl (C=O) groups excluding carboxylic acids is 1. The van der Waals surface area contributed by atoms with Crippen molar-refractivity contribution in [2.24, 2.45) is 0 Å². The maximum atomic E-state index is 12.4. The first-order valence-corrected chi connectivity index (χ1v) is 10.4. The van der Waals surface area contributed by atoms with Gasteiger partial charge in [0.2, 0.25) is 0 Å². The molecule has 2 aromatic carbocycles. The topological polar surface area (TPSA) is 97.2 Å². The van der Waals surface area contributed by atoms with Gasteiger partial charge in [-0.2, -0.15) is 0 Å². The molecule has 3 aromatic rings. The summed E-state index contributed by atoms with van der Waals surface area (Å²) in [6.45, 7) is 2.16. The van der Waals surface area contributed by atoms with Gasteiger partial charge in [-0.3, -0.25) is 20.2 Å². The van der Waals surface area contributed by atoms with Gasteiger partial charge in [0.25, 0.3) is 11.6 Å². The SMILES string of the molecule is CCCCc1ccc2nc(NC(=S)NC(=O)c3cc([N+](=O)[O-])ccc3Cl)sc2c1. The predicted octanol–water partition coefficient (Wildman–Crippen LogP) is 5.33. The van der Waals surface area contributed by atoms with Crippen LogP contribution in [0, 0.1) is 10.1 Å². The number of thiazole rings is 1. The minimum atomic E-state index is -0.640. The van der Waals surface area contributed by atoms with E-state index in [-0.39, 0.29) is 21.4 Å². The highest BCUT2D eigenvalue weighted by Crippen LogP contribution is 2.27. The molecule has 0 spiro atoms. The van der Waals surface area contributed by atoms with Crippen molar-refractivity contribution in [1.29, 1.82) is 0 Å². The monoisotopic (exact) mass is 448 g/mol. The van der Waals surface area contributed by atoms with Crippen molar-refractivity contribution < 1.29 is 9.72 Å². The van der Waals surface area contributed by atoms with Crippen molar-refractivity contribution in [3.05, 3.63) is 62.7 Å². The molecule has 0 saturated carbocycles. The Morgan fingerprint density at radius 3 is 2.83 bits per heavy atom. The maximum absolute atomic E-state index is 12.4. The predicted molar refractivity (Wildman–Crippen MR) is 120 cm³/mol. The van der Waals surface area contributed by atoms with Crippen molar-refractivity contribution in [2.45, 2.75) is 26.2 Å².